The Labute approximate surface area is 177 Å². The Morgan fingerprint density at radius 2 is 1.83 bits per heavy atom. The van der Waals surface area contributed by atoms with Gasteiger partial charge in [-0.2, -0.15) is 0 Å². The van der Waals surface area contributed by atoms with Crippen molar-refractivity contribution < 1.29 is 8.60 Å². The lowest BCUT2D eigenvalue weighted by atomic mass is 9.83. The number of halogens is 2. The number of hydrogen-bond acceptors (Lipinski definition) is 1. The maximum absolute atomic E-state index is 13.6. The van der Waals surface area contributed by atoms with Gasteiger partial charge in [0, 0.05) is 45.1 Å². The molecule has 4 aromatic rings. The molecule has 3 aromatic carbocycles. The lowest BCUT2D eigenvalue weighted by Crippen LogP contribution is -2.05. The predicted molar refractivity (Wildman–Crippen MR) is 120 cm³/mol. The summed E-state index contributed by atoms with van der Waals surface area (Å²) in [5, 5.41) is 1.77. The first kappa shape index (κ1) is 19.9. The van der Waals surface area contributed by atoms with Gasteiger partial charge < -0.3 is 4.98 Å². The Hall–Kier alpha value is -2.43. The molecule has 2 nitrogen and oxygen atoms in total. The number of benzene rings is 3. The summed E-state index contributed by atoms with van der Waals surface area (Å²) in [6.45, 7) is 2.04. The Morgan fingerprint density at radius 1 is 1.07 bits per heavy atom. The molecule has 2 atom stereocenters. The van der Waals surface area contributed by atoms with Gasteiger partial charge in [-0.3, -0.25) is 4.21 Å². The van der Waals surface area contributed by atoms with E-state index in [1.807, 2.05) is 55.6 Å². The smallest absolute Gasteiger partial charge is 0.123 e. The van der Waals surface area contributed by atoms with Crippen molar-refractivity contribution in [2.24, 2.45) is 0 Å². The summed E-state index contributed by atoms with van der Waals surface area (Å²) in [4.78, 5) is 3.39. The summed E-state index contributed by atoms with van der Waals surface area (Å²) in [6.07, 6.45) is 3.72. The second kappa shape index (κ2) is 8.13. The molecule has 148 valence electrons. The number of para-hydroxylation sites is 1. The van der Waals surface area contributed by atoms with Crippen LogP contribution in [-0.4, -0.2) is 15.4 Å². The molecule has 0 aliphatic carbocycles. The van der Waals surface area contributed by atoms with Gasteiger partial charge in [0.05, 0.1) is 5.75 Å². The third-order valence-corrected chi connectivity index (χ3v) is 6.20. The molecule has 0 aliphatic heterocycles. The van der Waals surface area contributed by atoms with E-state index in [1.54, 1.807) is 6.26 Å². The molecule has 0 fully saturated rings. The van der Waals surface area contributed by atoms with Gasteiger partial charge in [0.2, 0.25) is 0 Å². The lowest BCUT2D eigenvalue weighted by Gasteiger charge is -2.20. The van der Waals surface area contributed by atoms with Crippen molar-refractivity contribution in [2.75, 3.05) is 6.26 Å². The minimum atomic E-state index is -0.931. The fraction of sp³-hybridized carbons (Fsp3) is 0.167. The number of aromatic amines is 1. The predicted octanol–water partition coefficient (Wildman–Crippen LogP) is 6.33. The van der Waals surface area contributed by atoms with Gasteiger partial charge in [0.25, 0.3) is 0 Å². The summed E-state index contributed by atoms with van der Waals surface area (Å²) in [5.74, 6) is 0.161. The van der Waals surface area contributed by atoms with Gasteiger partial charge in [0.15, 0.2) is 0 Å². The maximum Gasteiger partial charge on any atom is 0.123 e. The maximum atomic E-state index is 13.6. The van der Waals surface area contributed by atoms with E-state index in [0.717, 1.165) is 38.7 Å². The standard InChI is InChI=1S/C24H21ClFNOS/c1-15-12-18(25)8-11-20(15)23(16-6-9-19(26)10-7-16)22-13-27-24-17(14-29(2)28)4-3-5-21(22)24/h3-13,23,27H,14H2,1-2H3. The molecule has 0 spiro atoms. The summed E-state index contributed by atoms with van der Waals surface area (Å²) in [5.41, 5.74) is 6.32. The first-order chi connectivity index (χ1) is 13.9. The van der Waals surface area contributed by atoms with Crippen LogP contribution in [0.2, 0.25) is 5.02 Å². The minimum Gasteiger partial charge on any atom is -0.361 e. The van der Waals surface area contributed by atoms with Crippen LogP contribution >= 0.6 is 11.6 Å². The summed E-state index contributed by atoms with van der Waals surface area (Å²) >= 11 is 6.19. The highest BCUT2D eigenvalue weighted by molar-refractivity contribution is 7.83. The summed E-state index contributed by atoms with van der Waals surface area (Å²) in [7, 11) is -0.931. The number of aromatic nitrogens is 1. The molecule has 2 unspecified atom stereocenters. The third kappa shape index (κ3) is 4.00. The molecule has 29 heavy (non-hydrogen) atoms. The van der Waals surface area contributed by atoms with Crippen molar-refractivity contribution in [2.45, 2.75) is 18.6 Å². The van der Waals surface area contributed by atoms with Crippen LogP contribution in [0, 0.1) is 12.7 Å². The fourth-order valence-electron chi connectivity index (χ4n) is 3.96. The van der Waals surface area contributed by atoms with Gasteiger partial charge in [-0.25, -0.2) is 4.39 Å². The molecule has 1 aromatic heterocycles. The SMILES string of the molecule is Cc1cc(Cl)ccc1C(c1ccc(F)cc1)c1c[nH]c2c(CS(C)=O)cccc12. The van der Waals surface area contributed by atoms with E-state index in [-0.39, 0.29) is 11.7 Å². The van der Waals surface area contributed by atoms with Crippen molar-refractivity contribution >= 4 is 33.3 Å². The second-order valence-corrected chi connectivity index (χ2v) is 9.16. The quantitative estimate of drug-likeness (QED) is 0.398. The van der Waals surface area contributed by atoms with Crippen LogP contribution < -0.4 is 0 Å². The molecule has 0 bridgehead atoms. The van der Waals surface area contributed by atoms with Gasteiger partial charge in [-0.05, 0) is 59.0 Å². The van der Waals surface area contributed by atoms with Crippen molar-refractivity contribution in [1.29, 1.82) is 0 Å². The van der Waals surface area contributed by atoms with E-state index in [1.165, 1.54) is 12.1 Å². The molecule has 1 heterocycles. The van der Waals surface area contributed by atoms with Crippen molar-refractivity contribution in [3.8, 4) is 0 Å². The van der Waals surface area contributed by atoms with E-state index < -0.39 is 10.8 Å². The summed E-state index contributed by atoms with van der Waals surface area (Å²) < 4.78 is 25.4. The van der Waals surface area contributed by atoms with E-state index >= 15 is 0 Å². The average molecular weight is 426 g/mol. The van der Waals surface area contributed by atoms with Crippen LogP contribution in [0.15, 0.2) is 66.9 Å². The zero-order valence-corrected chi connectivity index (χ0v) is 17.8. The van der Waals surface area contributed by atoms with Crippen LogP contribution in [0.1, 0.15) is 33.7 Å². The number of aryl methyl sites for hydroxylation is 1. The molecular weight excluding hydrogens is 405 g/mol. The summed E-state index contributed by atoms with van der Waals surface area (Å²) in [6, 6.07) is 18.6. The molecule has 0 radical (unpaired) electrons. The first-order valence-electron chi connectivity index (χ1n) is 9.34. The molecule has 4 rings (SSSR count). The van der Waals surface area contributed by atoms with Gasteiger partial charge in [-0.1, -0.05) is 48.0 Å². The van der Waals surface area contributed by atoms with Crippen LogP contribution in [0.4, 0.5) is 4.39 Å². The number of hydrogen-bond donors (Lipinski definition) is 1. The van der Waals surface area contributed by atoms with E-state index in [4.69, 9.17) is 11.6 Å². The zero-order chi connectivity index (χ0) is 20.5. The van der Waals surface area contributed by atoms with E-state index in [0.29, 0.717) is 10.8 Å². The molecule has 0 saturated carbocycles. The highest BCUT2D eigenvalue weighted by atomic mass is 35.5. The minimum absolute atomic E-state index is 0.0796. The number of fused-ring (bicyclic) bond motifs is 1. The molecule has 0 aliphatic rings. The number of H-pyrrole nitrogens is 1. The van der Waals surface area contributed by atoms with Crippen molar-refractivity contribution in [3.63, 3.8) is 0 Å². The Kier molecular flexibility index (Phi) is 5.57. The van der Waals surface area contributed by atoms with Gasteiger partial charge in [0.1, 0.15) is 5.82 Å². The van der Waals surface area contributed by atoms with Gasteiger partial charge >= 0.3 is 0 Å². The zero-order valence-electron chi connectivity index (χ0n) is 16.2. The van der Waals surface area contributed by atoms with E-state index in [2.05, 4.69) is 11.1 Å². The Balaban J connectivity index is 1.94. The van der Waals surface area contributed by atoms with Crippen LogP contribution in [-0.2, 0) is 16.6 Å². The van der Waals surface area contributed by atoms with Crippen molar-refractivity contribution in [1.82, 2.24) is 4.98 Å². The highest BCUT2D eigenvalue weighted by Gasteiger charge is 2.23. The topological polar surface area (TPSA) is 32.9 Å². The van der Waals surface area contributed by atoms with Crippen LogP contribution in [0.3, 0.4) is 0 Å². The third-order valence-electron chi connectivity index (χ3n) is 5.25. The monoisotopic (exact) mass is 425 g/mol. The van der Waals surface area contributed by atoms with Crippen LogP contribution in [0.5, 0.6) is 0 Å². The van der Waals surface area contributed by atoms with E-state index in [9.17, 15) is 8.60 Å². The molecule has 0 saturated heterocycles. The molecular formula is C24H21ClFNOS. The second-order valence-electron chi connectivity index (χ2n) is 7.29. The average Bonchev–Trinajstić information content (AvgIpc) is 3.10. The molecule has 0 amide bonds. The Bertz CT molecular complexity index is 1200. The number of nitrogens with one attached hydrogen (secondary N) is 1. The van der Waals surface area contributed by atoms with Crippen LogP contribution in [0.25, 0.3) is 10.9 Å². The molecule has 1 N–H and O–H groups in total. The lowest BCUT2D eigenvalue weighted by molar-refractivity contribution is 0.627. The number of rotatable bonds is 5. The normalized spacial score (nSPS) is 13.5. The Morgan fingerprint density at radius 3 is 2.52 bits per heavy atom. The first-order valence-corrected chi connectivity index (χ1v) is 11.4. The van der Waals surface area contributed by atoms with Crippen molar-refractivity contribution in [3.05, 3.63) is 106 Å². The largest absolute Gasteiger partial charge is 0.361 e. The van der Waals surface area contributed by atoms with Gasteiger partial charge in [-0.15, -0.1) is 0 Å². The fourth-order valence-corrected chi connectivity index (χ4v) is 4.87. The highest BCUT2D eigenvalue weighted by Crippen LogP contribution is 2.39. The molecule has 5 heteroatoms.